The molecule has 0 aliphatic heterocycles. The molecule has 0 atom stereocenters. The third kappa shape index (κ3) is 5.04. The molecule has 3 aromatic rings. The average molecular weight is 383 g/mol. The van der Waals surface area contributed by atoms with Crippen molar-refractivity contribution in [2.45, 2.75) is 18.0 Å². The van der Waals surface area contributed by atoms with Crippen LogP contribution < -0.4 is 10.9 Å². The molecule has 5 nitrogen and oxygen atoms in total. The summed E-state index contributed by atoms with van der Waals surface area (Å²) in [6, 6.07) is 16.8. The second kappa shape index (κ2) is 8.64. The predicted molar refractivity (Wildman–Crippen MR) is 104 cm³/mol. The minimum Gasteiger partial charge on any atom is -0.350 e. The fourth-order valence-electron chi connectivity index (χ4n) is 2.52. The van der Waals surface area contributed by atoms with Crippen molar-refractivity contribution >= 4 is 17.7 Å². The van der Waals surface area contributed by atoms with Crippen LogP contribution in [0.3, 0.4) is 0 Å². The second-order valence-corrected chi connectivity index (χ2v) is 6.73. The molecule has 0 fully saturated rings. The number of hydrogen-bond donors (Lipinski definition) is 1. The molecule has 0 radical (unpaired) electrons. The average Bonchev–Trinajstić information content (AvgIpc) is 2.68. The molecule has 1 amide bonds. The van der Waals surface area contributed by atoms with Gasteiger partial charge in [0, 0.05) is 23.1 Å². The van der Waals surface area contributed by atoms with Crippen molar-refractivity contribution in [1.29, 1.82) is 0 Å². The Morgan fingerprint density at radius 2 is 1.93 bits per heavy atom. The lowest BCUT2D eigenvalue weighted by Crippen LogP contribution is -2.33. The van der Waals surface area contributed by atoms with E-state index in [9.17, 15) is 14.0 Å². The lowest BCUT2D eigenvalue weighted by Gasteiger charge is -2.09. The topological polar surface area (TPSA) is 64.0 Å². The maximum Gasteiger partial charge on any atom is 0.267 e. The van der Waals surface area contributed by atoms with E-state index < -0.39 is 0 Å². The lowest BCUT2D eigenvalue weighted by molar-refractivity contribution is -0.122. The molecule has 1 heterocycles. The molecule has 27 heavy (non-hydrogen) atoms. The Morgan fingerprint density at radius 3 is 2.63 bits per heavy atom. The standard InChI is InChI=1S/C20H18FN3O2S/c1-27-17-7-5-15(6-8-17)18-9-10-20(26)24(23-18)13-19(25)22-12-14-3-2-4-16(21)11-14/h2-11H,12-13H2,1H3,(H,22,25). The number of nitrogens with zero attached hydrogens (tertiary/aromatic N) is 2. The van der Waals surface area contributed by atoms with Crippen molar-refractivity contribution in [3.63, 3.8) is 0 Å². The molecule has 0 saturated carbocycles. The molecule has 1 aromatic heterocycles. The summed E-state index contributed by atoms with van der Waals surface area (Å²) in [6.45, 7) is -0.0218. The molecule has 1 N–H and O–H groups in total. The van der Waals surface area contributed by atoms with Crippen LogP contribution >= 0.6 is 11.8 Å². The number of thioether (sulfide) groups is 1. The number of aromatic nitrogens is 2. The Hall–Kier alpha value is -2.93. The number of halogens is 1. The lowest BCUT2D eigenvalue weighted by atomic mass is 10.1. The molecule has 3 rings (SSSR count). The van der Waals surface area contributed by atoms with Gasteiger partial charge in [-0.3, -0.25) is 9.59 Å². The third-order valence-corrected chi connectivity index (χ3v) is 4.67. The van der Waals surface area contributed by atoms with Gasteiger partial charge in [0.25, 0.3) is 5.56 Å². The highest BCUT2D eigenvalue weighted by molar-refractivity contribution is 7.98. The first-order chi connectivity index (χ1) is 13.0. The number of carbonyl (C=O) groups is 1. The minimum absolute atomic E-state index is 0.182. The van der Waals surface area contributed by atoms with Gasteiger partial charge in [-0.2, -0.15) is 5.10 Å². The van der Waals surface area contributed by atoms with Gasteiger partial charge in [0.15, 0.2) is 0 Å². The molecule has 138 valence electrons. The highest BCUT2D eigenvalue weighted by Gasteiger charge is 2.08. The zero-order valence-electron chi connectivity index (χ0n) is 14.7. The first-order valence-corrected chi connectivity index (χ1v) is 9.51. The highest BCUT2D eigenvalue weighted by atomic mass is 32.2. The Kier molecular flexibility index (Phi) is 6.03. The molecular weight excluding hydrogens is 365 g/mol. The van der Waals surface area contributed by atoms with E-state index in [1.807, 2.05) is 30.5 Å². The Labute approximate surface area is 160 Å². The molecular formula is C20H18FN3O2S. The van der Waals surface area contributed by atoms with E-state index in [1.165, 1.54) is 18.2 Å². The van der Waals surface area contributed by atoms with Crippen LogP contribution in [0, 0.1) is 5.82 Å². The van der Waals surface area contributed by atoms with Crippen molar-refractivity contribution < 1.29 is 9.18 Å². The van der Waals surface area contributed by atoms with Crippen molar-refractivity contribution in [2.75, 3.05) is 6.26 Å². The van der Waals surface area contributed by atoms with Gasteiger partial charge in [0.05, 0.1) is 5.69 Å². The second-order valence-electron chi connectivity index (χ2n) is 5.85. The zero-order chi connectivity index (χ0) is 19.2. The number of amides is 1. The maximum absolute atomic E-state index is 13.2. The fraction of sp³-hybridized carbons (Fsp3) is 0.150. The van der Waals surface area contributed by atoms with E-state index in [2.05, 4.69) is 10.4 Å². The first kappa shape index (κ1) is 18.8. The smallest absolute Gasteiger partial charge is 0.267 e. The quantitative estimate of drug-likeness (QED) is 0.665. The van der Waals surface area contributed by atoms with Gasteiger partial charge in [-0.05, 0) is 42.2 Å². The monoisotopic (exact) mass is 383 g/mol. The Morgan fingerprint density at radius 1 is 1.15 bits per heavy atom. The number of carbonyl (C=O) groups excluding carboxylic acids is 1. The van der Waals surface area contributed by atoms with Gasteiger partial charge in [-0.1, -0.05) is 24.3 Å². The van der Waals surface area contributed by atoms with Gasteiger partial charge >= 0.3 is 0 Å². The largest absolute Gasteiger partial charge is 0.350 e. The summed E-state index contributed by atoms with van der Waals surface area (Å²) in [5.41, 5.74) is 1.76. The van der Waals surface area contributed by atoms with E-state index in [-0.39, 0.29) is 30.4 Å². The van der Waals surface area contributed by atoms with Crippen molar-refractivity contribution in [3.05, 3.63) is 82.4 Å². The highest BCUT2D eigenvalue weighted by Crippen LogP contribution is 2.20. The first-order valence-electron chi connectivity index (χ1n) is 8.29. The summed E-state index contributed by atoms with van der Waals surface area (Å²) in [4.78, 5) is 25.3. The minimum atomic E-state index is -0.372. The Bertz CT molecular complexity index is 1000. The third-order valence-electron chi connectivity index (χ3n) is 3.92. The van der Waals surface area contributed by atoms with Crippen molar-refractivity contribution in [3.8, 4) is 11.3 Å². The van der Waals surface area contributed by atoms with Crippen molar-refractivity contribution in [2.24, 2.45) is 0 Å². The number of hydrogen-bond acceptors (Lipinski definition) is 4. The summed E-state index contributed by atoms with van der Waals surface area (Å²) in [5.74, 6) is -0.733. The number of nitrogens with one attached hydrogen (secondary N) is 1. The fourth-order valence-corrected chi connectivity index (χ4v) is 2.93. The van der Waals surface area contributed by atoms with E-state index in [0.29, 0.717) is 11.3 Å². The molecule has 0 unspecified atom stereocenters. The van der Waals surface area contributed by atoms with E-state index >= 15 is 0 Å². The van der Waals surface area contributed by atoms with Gasteiger partial charge < -0.3 is 5.32 Å². The van der Waals surface area contributed by atoms with Gasteiger partial charge in [0.2, 0.25) is 5.91 Å². The van der Waals surface area contributed by atoms with Crippen LogP contribution in [-0.2, 0) is 17.9 Å². The summed E-state index contributed by atoms with van der Waals surface area (Å²) in [6.07, 6.45) is 2.00. The van der Waals surface area contributed by atoms with Crippen LogP contribution in [0.2, 0.25) is 0 Å². The molecule has 0 saturated heterocycles. The van der Waals surface area contributed by atoms with E-state index in [0.717, 1.165) is 15.1 Å². The molecule has 0 spiro atoms. The molecule has 0 aliphatic rings. The summed E-state index contributed by atoms with van der Waals surface area (Å²) >= 11 is 1.64. The molecule has 7 heteroatoms. The zero-order valence-corrected chi connectivity index (χ0v) is 15.5. The molecule has 2 aromatic carbocycles. The molecule has 0 bridgehead atoms. The van der Waals surface area contributed by atoms with Crippen LogP contribution in [0.4, 0.5) is 4.39 Å². The Balaban J connectivity index is 1.70. The predicted octanol–water partition coefficient (Wildman–Crippen LogP) is 3.09. The number of rotatable bonds is 6. The SMILES string of the molecule is CSc1ccc(-c2ccc(=O)n(CC(=O)NCc3cccc(F)c3)n2)cc1. The van der Waals surface area contributed by atoms with Crippen LogP contribution in [0.25, 0.3) is 11.3 Å². The van der Waals surface area contributed by atoms with Gasteiger partial charge in [0.1, 0.15) is 12.4 Å². The summed E-state index contributed by atoms with van der Waals surface area (Å²) in [7, 11) is 0. The van der Waals surface area contributed by atoms with Gasteiger partial charge in [-0.25, -0.2) is 9.07 Å². The van der Waals surface area contributed by atoms with Gasteiger partial charge in [-0.15, -0.1) is 11.8 Å². The van der Waals surface area contributed by atoms with Crippen LogP contribution in [0.5, 0.6) is 0 Å². The van der Waals surface area contributed by atoms with Crippen LogP contribution in [0.15, 0.2) is 70.4 Å². The van der Waals surface area contributed by atoms with E-state index in [1.54, 1.807) is 30.0 Å². The van der Waals surface area contributed by atoms with E-state index in [4.69, 9.17) is 0 Å². The van der Waals surface area contributed by atoms with Crippen LogP contribution in [0.1, 0.15) is 5.56 Å². The summed E-state index contributed by atoms with van der Waals surface area (Å²) in [5, 5.41) is 6.95. The van der Waals surface area contributed by atoms with Crippen LogP contribution in [-0.4, -0.2) is 21.9 Å². The number of benzene rings is 2. The molecule has 0 aliphatic carbocycles. The summed E-state index contributed by atoms with van der Waals surface area (Å²) < 4.78 is 14.3. The van der Waals surface area contributed by atoms with Crippen molar-refractivity contribution in [1.82, 2.24) is 15.1 Å². The maximum atomic E-state index is 13.2. The normalized spacial score (nSPS) is 10.6.